The van der Waals surface area contributed by atoms with E-state index < -0.39 is 6.23 Å². The minimum Gasteiger partial charge on any atom is -0.507 e. The number of esters is 1. The van der Waals surface area contributed by atoms with Crippen molar-refractivity contribution in [1.29, 1.82) is 0 Å². The zero-order chi connectivity index (χ0) is 22.2. The van der Waals surface area contributed by atoms with Crippen LogP contribution in [-0.4, -0.2) is 36.0 Å². The molecule has 162 valence electrons. The molecule has 2 atom stereocenters. The average molecular weight is 430 g/mol. The summed E-state index contributed by atoms with van der Waals surface area (Å²) < 4.78 is 16.5. The Balaban J connectivity index is 1.56. The van der Waals surface area contributed by atoms with Gasteiger partial charge in [-0.1, -0.05) is 30.3 Å². The molecule has 0 bridgehead atoms. The van der Waals surface area contributed by atoms with Crippen molar-refractivity contribution in [3.8, 4) is 17.2 Å². The summed E-state index contributed by atoms with van der Waals surface area (Å²) in [5.41, 5.74) is 3.75. The van der Waals surface area contributed by atoms with Gasteiger partial charge < -0.3 is 19.3 Å². The zero-order valence-corrected chi connectivity index (χ0v) is 17.7. The molecule has 7 nitrogen and oxygen atoms in total. The average Bonchev–Trinajstić information content (AvgIpc) is 3.29. The summed E-state index contributed by atoms with van der Waals surface area (Å²) in [6, 6.07) is 20.1. The Morgan fingerprint density at radius 2 is 1.88 bits per heavy atom. The van der Waals surface area contributed by atoms with E-state index in [2.05, 4.69) is 0 Å². The van der Waals surface area contributed by atoms with Crippen LogP contribution in [0.3, 0.4) is 0 Å². The Hall–Kier alpha value is -4.00. The van der Waals surface area contributed by atoms with E-state index in [0.29, 0.717) is 23.3 Å². The van der Waals surface area contributed by atoms with E-state index in [0.717, 1.165) is 22.6 Å². The van der Waals surface area contributed by atoms with Crippen molar-refractivity contribution in [1.82, 2.24) is 5.01 Å². The van der Waals surface area contributed by atoms with E-state index in [4.69, 9.17) is 19.3 Å². The molecule has 7 heteroatoms. The lowest BCUT2D eigenvalue weighted by Gasteiger charge is -2.38. The van der Waals surface area contributed by atoms with Gasteiger partial charge in [0, 0.05) is 23.1 Å². The van der Waals surface area contributed by atoms with Crippen LogP contribution in [-0.2, 0) is 4.74 Å². The molecular formula is C25H22N2O5. The van der Waals surface area contributed by atoms with Crippen LogP contribution in [0.4, 0.5) is 0 Å². The topological polar surface area (TPSA) is 80.6 Å². The first kappa shape index (κ1) is 19.9. The minimum absolute atomic E-state index is 0.0502. The quantitative estimate of drug-likeness (QED) is 0.617. The van der Waals surface area contributed by atoms with Gasteiger partial charge in [-0.15, -0.1) is 0 Å². The van der Waals surface area contributed by atoms with Crippen molar-refractivity contribution in [2.24, 2.45) is 5.10 Å². The molecule has 0 radical (unpaired) electrons. The van der Waals surface area contributed by atoms with Crippen molar-refractivity contribution in [3.63, 3.8) is 0 Å². The lowest BCUT2D eigenvalue weighted by molar-refractivity contribution is -0.0190. The molecule has 0 spiro atoms. The number of phenolic OH excluding ortho intramolecular Hbond substituents is 1. The Kier molecular flexibility index (Phi) is 4.93. The number of aromatic hydroxyl groups is 1. The molecule has 2 aliphatic heterocycles. The molecule has 0 amide bonds. The maximum absolute atomic E-state index is 11.8. The van der Waals surface area contributed by atoms with Crippen LogP contribution >= 0.6 is 0 Å². The third-order valence-corrected chi connectivity index (χ3v) is 5.83. The second kappa shape index (κ2) is 7.92. The summed E-state index contributed by atoms with van der Waals surface area (Å²) in [6.45, 7) is 0. The summed E-state index contributed by atoms with van der Waals surface area (Å²) in [6.07, 6.45) is 0.129. The van der Waals surface area contributed by atoms with Crippen LogP contribution in [0.15, 0.2) is 71.8 Å². The fraction of sp³-hybridized carbons (Fsp3) is 0.200. The number of hydrazone groups is 1. The van der Waals surface area contributed by atoms with Gasteiger partial charge in [0.2, 0.25) is 6.23 Å². The van der Waals surface area contributed by atoms with E-state index in [9.17, 15) is 9.90 Å². The van der Waals surface area contributed by atoms with Gasteiger partial charge >= 0.3 is 5.97 Å². The largest absolute Gasteiger partial charge is 0.507 e. The summed E-state index contributed by atoms with van der Waals surface area (Å²) in [5.74, 6) is 1.20. The molecule has 3 aromatic carbocycles. The highest BCUT2D eigenvalue weighted by Crippen LogP contribution is 2.48. The normalized spacial score (nSPS) is 18.8. The van der Waals surface area contributed by atoms with Crippen LogP contribution in [0.5, 0.6) is 17.2 Å². The van der Waals surface area contributed by atoms with Gasteiger partial charge in [-0.25, -0.2) is 9.80 Å². The van der Waals surface area contributed by atoms with Crippen LogP contribution in [0.2, 0.25) is 0 Å². The molecule has 2 heterocycles. The van der Waals surface area contributed by atoms with E-state index in [1.165, 1.54) is 7.11 Å². The highest BCUT2D eigenvalue weighted by Gasteiger charge is 2.41. The van der Waals surface area contributed by atoms with Gasteiger partial charge in [0.25, 0.3) is 0 Å². The first-order chi connectivity index (χ1) is 15.6. The Morgan fingerprint density at radius 1 is 1.09 bits per heavy atom. The van der Waals surface area contributed by atoms with E-state index in [1.807, 2.05) is 41.4 Å². The highest BCUT2D eigenvalue weighted by molar-refractivity contribution is 6.04. The Bertz CT molecular complexity index is 1210. The fourth-order valence-electron chi connectivity index (χ4n) is 4.19. The number of nitrogens with zero attached hydrogens (tertiary/aromatic N) is 2. The summed E-state index contributed by atoms with van der Waals surface area (Å²) in [7, 11) is 2.95. The van der Waals surface area contributed by atoms with Crippen molar-refractivity contribution in [2.45, 2.75) is 18.7 Å². The molecule has 2 unspecified atom stereocenters. The molecule has 0 saturated heterocycles. The van der Waals surface area contributed by atoms with Crippen molar-refractivity contribution < 1.29 is 24.1 Å². The van der Waals surface area contributed by atoms with E-state index in [1.54, 1.807) is 37.4 Å². The fourth-order valence-corrected chi connectivity index (χ4v) is 4.19. The van der Waals surface area contributed by atoms with Crippen molar-refractivity contribution >= 4 is 11.7 Å². The SMILES string of the molecule is COC(=O)c1ccc(C2Oc3ccccc3C3CC(c4cc(OC)ccc4O)=NN32)cc1. The predicted molar refractivity (Wildman–Crippen MR) is 118 cm³/mol. The second-order valence-electron chi connectivity index (χ2n) is 7.65. The van der Waals surface area contributed by atoms with Gasteiger partial charge in [0.05, 0.1) is 31.5 Å². The predicted octanol–water partition coefficient (Wildman–Crippen LogP) is 4.43. The van der Waals surface area contributed by atoms with Crippen LogP contribution in [0.1, 0.15) is 45.7 Å². The monoisotopic (exact) mass is 430 g/mol. The standard InChI is InChI=1S/C25H22N2O5/c1-30-17-11-12-22(28)19(13-17)20-14-21-18-5-3-4-6-23(18)32-24(27(21)26-20)15-7-9-16(10-8-15)25(29)31-2/h3-13,21,24,28H,14H2,1-2H3. The Morgan fingerprint density at radius 3 is 2.62 bits per heavy atom. The maximum Gasteiger partial charge on any atom is 0.337 e. The van der Waals surface area contributed by atoms with Gasteiger partial charge in [-0.3, -0.25) is 0 Å². The number of benzene rings is 3. The summed E-state index contributed by atoms with van der Waals surface area (Å²) in [4.78, 5) is 11.8. The minimum atomic E-state index is -0.480. The number of methoxy groups -OCH3 is 2. The molecule has 3 aromatic rings. The lowest BCUT2D eigenvalue weighted by atomic mass is 9.95. The first-order valence-electron chi connectivity index (χ1n) is 10.3. The van der Waals surface area contributed by atoms with Crippen molar-refractivity contribution in [2.75, 3.05) is 14.2 Å². The van der Waals surface area contributed by atoms with Crippen LogP contribution < -0.4 is 9.47 Å². The van der Waals surface area contributed by atoms with Gasteiger partial charge in [0.1, 0.15) is 17.2 Å². The molecule has 2 aliphatic rings. The number of phenols is 1. The molecular weight excluding hydrogens is 408 g/mol. The number of fused-ring (bicyclic) bond motifs is 3. The number of rotatable bonds is 4. The number of hydrogen-bond donors (Lipinski definition) is 1. The first-order valence-corrected chi connectivity index (χ1v) is 10.3. The highest BCUT2D eigenvalue weighted by atomic mass is 16.5. The van der Waals surface area contributed by atoms with Crippen molar-refractivity contribution in [3.05, 3.63) is 89.0 Å². The van der Waals surface area contributed by atoms with Gasteiger partial charge in [-0.2, -0.15) is 5.10 Å². The third-order valence-electron chi connectivity index (χ3n) is 5.83. The number of para-hydroxylation sites is 1. The van der Waals surface area contributed by atoms with Gasteiger partial charge in [-0.05, 0) is 36.4 Å². The van der Waals surface area contributed by atoms with Gasteiger partial charge in [0.15, 0.2) is 0 Å². The van der Waals surface area contributed by atoms with E-state index >= 15 is 0 Å². The van der Waals surface area contributed by atoms with Crippen LogP contribution in [0, 0.1) is 0 Å². The third kappa shape index (κ3) is 3.32. The smallest absolute Gasteiger partial charge is 0.337 e. The van der Waals surface area contributed by atoms with Crippen LogP contribution in [0.25, 0.3) is 0 Å². The number of carbonyl (C=O) groups is 1. The molecule has 5 rings (SSSR count). The molecule has 1 N–H and O–H groups in total. The Labute approximate surface area is 185 Å². The zero-order valence-electron chi connectivity index (χ0n) is 17.7. The second-order valence-corrected chi connectivity index (χ2v) is 7.65. The number of hydrogen-bond acceptors (Lipinski definition) is 7. The molecule has 0 aliphatic carbocycles. The molecule has 0 fully saturated rings. The lowest BCUT2D eigenvalue weighted by Crippen LogP contribution is -2.33. The molecule has 0 saturated carbocycles. The number of ether oxygens (including phenoxy) is 3. The summed E-state index contributed by atoms with van der Waals surface area (Å²) >= 11 is 0. The molecule has 0 aromatic heterocycles. The summed E-state index contributed by atoms with van der Waals surface area (Å²) in [5, 5.41) is 17.3. The maximum atomic E-state index is 11.8. The van der Waals surface area contributed by atoms with E-state index in [-0.39, 0.29) is 17.8 Å². The molecule has 32 heavy (non-hydrogen) atoms. The number of carbonyl (C=O) groups excluding carboxylic acids is 1.